The van der Waals surface area contributed by atoms with Gasteiger partial charge in [0.15, 0.2) is 0 Å². The second-order valence-electron chi connectivity index (χ2n) is 7.27. The van der Waals surface area contributed by atoms with E-state index in [0.717, 1.165) is 24.6 Å². The van der Waals surface area contributed by atoms with Crippen molar-refractivity contribution in [1.82, 2.24) is 15.1 Å². The number of hydrogen-bond acceptors (Lipinski definition) is 5. The van der Waals surface area contributed by atoms with Gasteiger partial charge in [-0.1, -0.05) is 0 Å². The van der Waals surface area contributed by atoms with Crippen LogP contribution in [0.5, 0.6) is 0 Å². The highest BCUT2D eigenvalue weighted by Gasteiger charge is 2.42. The Labute approximate surface area is 166 Å². The molecule has 1 aromatic rings. The van der Waals surface area contributed by atoms with Crippen LogP contribution in [0, 0.1) is 6.92 Å². The maximum absolute atomic E-state index is 12.2. The maximum Gasteiger partial charge on any atom is 0.490 e. The fourth-order valence-corrected chi connectivity index (χ4v) is 3.23. The highest BCUT2D eigenvalue weighted by molar-refractivity contribution is 5.75. The van der Waals surface area contributed by atoms with Crippen LogP contribution in [0.25, 0.3) is 0 Å². The lowest BCUT2D eigenvalue weighted by Gasteiger charge is -2.36. The average molecular weight is 421 g/mol. The fraction of sp³-hybridized carbons (Fsp3) is 0.667. The molecule has 0 aliphatic carbocycles. The second kappa shape index (κ2) is 9.49. The number of alkyl halides is 3. The molecule has 8 nitrogen and oxygen atoms in total. The largest absolute Gasteiger partial charge is 0.490 e. The molecule has 2 atom stereocenters. The van der Waals surface area contributed by atoms with Gasteiger partial charge in [-0.15, -0.1) is 0 Å². The molecule has 2 aliphatic rings. The van der Waals surface area contributed by atoms with Crippen LogP contribution in [0.15, 0.2) is 16.5 Å². The summed E-state index contributed by atoms with van der Waals surface area (Å²) in [5.41, 5.74) is 0. The zero-order chi connectivity index (χ0) is 21.8. The Hall–Kier alpha value is -2.27. The van der Waals surface area contributed by atoms with Crippen molar-refractivity contribution in [2.45, 2.75) is 51.7 Å². The number of nitrogens with zero attached hydrogens (tertiary/aromatic N) is 2. The third-order valence-corrected chi connectivity index (χ3v) is 4.51. The number of amides is 2. The molecule has 0 unspecified atom stereocenters. The van der Waals surface area contributed by atoms with E-state index < -0.39 is 12.1 Å². The number of aryl methyl sites for hydroxylation is 1. The standard InChI is InChI=1S/C16H25N3O3.C2HF3O2/c1-11(2)17-16(20)19-9-14-15(10-19)21-7-6-18(14)8-13-5-4-12(3)22-13;3-2(4,5)1(6)7/h4-5,11,14-15H,6-10H2,1-3H3,(H,17,20);(H,6,7)/t14-,15+;/m1./s1. The van der Waals surface area contributed by atoms with Crippen molar-refractivity contribution in [3.05, 3.63) is 23.7 Å². The number of morpholine rings is 1. The summed E-state index contributed by atoms with van der Waals surface area (Å²) in [6.07, 6.45) is -4.98. The summed E-state index contributed by atoms with van der Waals surface area (Å²) < 4.78 is 43.3. The number of fused-ring (bicyclic) bond motifs is 1. The Kier molecular flexibility index (Phi) is 7.53. The summed E-state index contributed by atoms with van der Waals surface area (Å²) in [6, 6.07) is 4.42. The van der Waals surface area contributed by atoms with Gasteiger partial charge < -0.3 is 24.5 Å². The molecule has 2 aliphatic heterocycles. The van der Waals surface area contributed by atoms with Gasteiger partial charge in [0.1, 0.15) is 11.5 Å². The van der Waals surface area contributed by atoms with E-state index in [0.29, 0.717) is 19.7 Å². The van der Waals surface area contributed by atoms with E-state index in [1.807, 2.05) is 37.8 Å². The summed E-state index contributed by atoms with van der Waals surface area (Å²) >= 11 is 0. The van der Waals surface area contributed by atoms with Gasteiger partial charge in [0.25, 0.3) is 0 Å². The SMILES string of the molecule is Cc1ccc(CN2CCO[C@H]3CN(C(=O)NC(C)C)C[C@H]32)o1.O=C(O)C(F)(F)F. The van der Waals surface area contributed by atoms with Gasteiger partial charge in [-0.05, 0) is 32.9 Å². The highest BCUT2D eigenvalue weighted by atomic mass is 19.4. The predicted octanol–water partition coefficient (Wildman–Crippen LogP) is 2.22. The molecule has 29 heavy (non-hydrogen) atoms. The van der Waals surface area contributed by atoms with Crippen LogP contribution in [-0.4, -0.2) is 77.5 Å². The van der Waals surface area contributed by atoms with Gasteiger partial charge in [-0.2, -0.15) is 13.2 Å². The zero-order valence-corrected chi connectivity index (χ0v) is 16.5. The van der Waals surface area contributed by atoms with Crippen molar-refractivity contribution in [2.75, 3.05) is 26.2 Å². The van der Waals surface area contributed by atoms with Gasteiger partial charge >= 0.3 is 18.2 Å². The smallest absolute Gasteiger partial charge is 0.475 e. The van der Waals surface area contributed by atoms with Gasteiger partial charge in [0.2, 0.25) is 0 Å². The van der Waals surface area contributed by atoms with E-state index in [1.165, 1.54) is 0 Å². The first-order valence-corrected chi connectivity index (χ1v) is 9.24. The number of carboxylic acids is 1. The molecule has 2 N–H and O–H groups in total. The van der Waals surface area contributed by atoms with E-state index in [2.05, 4.69) is 10.2 Å². The van der Waals surface area contributed by atoms with Gasteiger partial charge in [0, 0.05) is 19.1 Å². The normalized spacial score (nSPS) is 22.1. The number of hydrogen-bond donors (Lipinski definition) is 2. The zero-order valence-electron chi connectivity index (χ0n) is 16.5. The van der Waals surface area contributed by atoms with E-state index in [-0.39, 0.29) is 24.2 Å². The third-order valence-electron chi connectivity index (χ3n) is 4.51. The number of carbonyl (C=O) groups is 2. The second-order valence-corrected chi connectivity index (χ2v) is 7.27. The lowest BCUT2D eigenvalue weighted by molar-refractivity contribution is -0.192. The first kappa shape index (κ1) is 23.0. The van der Waals surface area contributed by atoms with Crippen molar-refractivity contribution in [2.24, 2.45) is 0 Å². The molecule has 164 valence electrons. The maximum atomic E-state index is 12.2. The molecule has 3 heterocycles. The summed E-state index contributed by atoms with van der Waals surface area (Å²) in [5, 5.41) is 10.1. The average Bonchev–Trinajstić information content (AvgIpc) is 3.21. The Morgan fingerprint density at radius 2 is 1.97 bits per heavy atom. The molecule has 1 aromatic heterocycles. The molecule has 2 saturated heterocycles. The number of halogens is 3. The molecule has 0 aromatic carbocycles. The third kappa shape index (κ3) is 6.64. The van der Waals surface area contributed by atoms with E-state index in [4.69, 9.17) is 19.1 Å². The van der Waals surface area contributed by atoms with Gasteiger partial charge in [-0.25, -0.2) is 9.59 Å². The summed E-state index contributed by atoms with van der Waals surface area (Å²) in [5.74, 6) is -0.847. The van der Waals surface area contributed by atoms with Crippen molar-refractivity contribution in [3.8, 4) is 0 Å². The van der Waals surface area contributed by atoms with E-state index in [9.17, 15) is 18.0 Å². The number of carboxylic acid groups (broad SMARTS) is 1. The lowest BCUT2D eigenvalue weighted by Crippen LogP contribution is -2.50. The van der Waals surface area contributed by atoms with Crippen LogP contribution in [0.2, 0.25) is 0 Å². The topological polar surface area (TPSA) is 95.3 Å². The number of likely N-dealkylation sites (tertiary alicyclic amines) is 1. The predicted molar refractivity (Wildman–Crippen MR) is 96.3 cm³/mol. The minimum Gasteiger partial charge on any atom is -0.475 e. The molecular weight excluding hydrogens is 395 g/mol. The first-order chi connectivity index (χ1) is 13.5. The van der Waals surface area contributed by atoms with Crippen LogP contribution >= 0.6 is 0 Å². The number of aliphatic carboxylic acids is 1. The van der Waals surface area contributed by atoms with E-state index >= 15 is 0 Å². The number of nitrogens with one attached hydrogen (secondary N) is 1. The Morgan fingerprint density at radius 3 is 2.48 bits per heavy atom. The molecule has 3 rings (SSSR count). The number of ether oxygens (including phenoxy) is 1. The van der Waals surface area contributed by atoms with Gasteiger partial charge in [-0.3, -0.25) is 4.90 Å². The first-order valence-electron chi connectivity index (χ1n) is 9.24. The van der Waals surface area contributed by atoms with Crippen LogP contribution < -0.4 is 5.32 Å². The van der Waals surface area contributed by atoms with Crippen molar-refractivity contribution in [3.63, 3.8) is 0 Å². The number of rotatable bonds is 3. The number of carbonyl (C=O) groups excluding carboxylic acids is 1. The van der Waals surface area contributed by atoms with Crippen LogP contribution in [0.3, 0.4) is 0 Å². The summed E-state index contributed by atoms with van der Waals surface area (Å²) in [4.78, 5) is 25.3. The molecule has 0 saturated carbocycles. The molecule has 2 amide bonds. The number of furan rings is 1. The minimum atomic E-state index is -5.08. The Bertz CT molecular complexity index is 707. The molecule has 2 fully saturated rings. The lowest BCUT2D eigenvalue weighted by atomic mass is 10.1. The molecule has 0 bridgehead atoms. The van der Waals surface area contributed by atoms with Crippen molar-refractivity contribution >= 4 is 12.0 Å². The quantitative estimate of drug-likeness (QED) is 0.777. The molecule has 0 radical (unpaired) electrons. The van der Waals surface area contributed by atoms with E-state index in [1.54, 1.807) is 0 Å². The van der Waals surface area contributed by atoms with Crippen molar-refractivity contribution in [1.29, 1.82) is 0 Å². The van der Waals surface area contributed by atoms with Crippen molar-refractivity contribution < 1.29 is 37.0 Å². The highest BCUT2D eigenvalue weighted by Crippen LogP contribution is 2.25. The van der Waals surface area contributed by atoms with Crippen LogP contribution in [0.4, 0.5) is 18.0 Å². The monoisotopic (exact) mass is 421 g/mol. The Balaban J connectivity index is 0.000000370. The number of urea groups is 1. The minimum absolute atomic E-state index is 0.00166. The van der Waals surface area contributed by atoms with Gasteiger partial charge in [0.05, 0.1) is 31.8 Å². The van der Waals surface area contributed by atoms with Crippen LogP contribution in [-0.2, 0) is 16.1 Å². The Morgan fingerprint density at radius 1 is 1.31 bits per heavy atom. The summed E-state index contributed by atoms with van der Waals surface area (Å²) in [6.45, 7) is 9.64. The molecule has 0 spiro atoms. The van der Waals surface area contributed by atoms with Crippen LogP contribution in [0.1, 0.15) is 25.4 Å². The summed E-state index contributed by atoms with van der Waals surface area (Å²) in [7, 11) is 0. The molecular formula is C18H26F3N3O5. The molecule has 11 heteroatoms. The fourth-order valence-electron chi connectivity index (χ4n) is 3.23.